The molecular formula is C16H15BrO3. The molecule has 2 rings (SSSR count). The zero-order valence-electron chi connectivity index (χ0n) is 11.2. The van der Waals surface area contributed by atoms with Crippen LogP contribution in [0, 0.1) is 0 Å². The summed E-state index contributed by atoms with van der Waals surface area (Å²) >= 11 is 3.19. The van der Waals surface area contributed by atoms with Crippen LogP contribution in [0.5, 0.6) is 11.5 Å². The van der Waals surface area contributed by atoms with Gasteiger partial charge in [0, 0.05) is 10.8 Å². The third-order valence-corrected chi connectivity index (χ3v) is 3.45. The zero-order chi connectivity index (χ0) is 14.5. The summed E-state index contributed by atoms with van der Waals surface area (Å²) in [5, 5.41) is 2.01. The Bertz CT molecular complexity index is 649. The first-order valence-electron chi connectivity index (χ1n) is 6.15. The number of hydrogen-bond acceptors (Lipinski definition) is 3. The number of carbonyl (C=O) groups is 1. The maximum absolute atomic E-state index is 12.1. The molecule has 0 heterocycles. The number of ketones is 1. The summed E-state index contributed by atoms with van der Waals surface area (Å²) in [5.74, 6) is 1.19. The number of Topliss-reactive ketones (excluding diaryl/α,β-unsaturated/α-hetero) is 1. The number of benzene rings is 2. The van der Waals surface area contributed by atoms with Gasteiger partial charge in [-0.1, -0.05) is 52.9 Å². The van der Waals surface area contributed by atoms with Gasteiger partial charge in [0.05, 0.1) is 18.0 Å². The minimum Gasteiger partial charge on any atom is -0.495 e. The topological polar surface area (TPSA) is 35.5 Å². The number of methoxy groups -OCH3 is 1. The molecule has 0 saturated carbocycles. The van der Waals surface area contributed by atoms with Gasteiger partial charge in [-0.2, -0.15) is 0 Å². The van der Waals surface area contributed by atoms with Crippen LogP contribution >= 0.6 is 15.9 Å². The van der Waals surface area contributed by atoms with Crippen molar-refractivity contribution in [3.8, 4) is 11.5 Å². The molecule has 0 aromatic heterocycles. The van der Waals surface area contributed by atoms with E-state index >= 15 is 0 Å². The predicted octanol–water partition coefficient (Wildman–Crippen LogP) is 3.99. The molecule has 0 aliphatic carbocycles. The Hall–Kier alpha value is -1.81. The molecule has 0 N–H and O–H groups in total. The number of rotatable bonds is 6. The Kier molecular flexibility index (Phi) is 4.79. The van der Waals surface area contributed by atoms with Gasteiger partial charge in [0.2, 0.25) is 0 Å². The largest absolute Gasteiger partial charge is 0.495 e. The Labute approximate surface area is 126 Å². The fourth-order valence-electron chi connectivity index (χ4n) is 2.08. The van der Waals surface area contributed by atoms with Gasteiger partial charge >= 0.3 is 0 Å². The molecule has 0 atom stereocenters. The molecule has 2 aromatic carbocycles. The van der Waals surface area contributed by atoms with Crippen molar-refractivity contribution in [2.75, 3.05) is 19.0 Å². The Balaban J connectivity index is 2.72. The molecule has 4 heteroatoms. The quantitative estimate of drug-likeness (QED) is 0.455. The smallest absolute Gasteiger partial charge is 0.177 e. The van der Waals surface area contributed by atoms with Crippen LogP contribution in [0.3, 0.4) is 0 Å². The highest BCUT2D eigenvalue weighted by Gasteiger charge is 2.17. The first-order valence-corrected chi connectivity index (χ1v) is 7.27. The van der Waals surface area contributed by atoms with Crippen molar-refractivity contribution < 1.29 is 14.3 Å². The molecule has 3 nitrogen and oxygen atoms in total. The highest BCUT2D eigenvalue weighted by atomic mass is 79.9. The van der Waals surface area contributed by atoms with E-state index in [4.69, 9.17) is 9.47 Å². The molecule has 104 valence electrons. The predicted molar refractivity (Wildman–Crippen MR) is 84.3 cm³/mol. The minimum atomic E-state index is -0.0453. The van der Waals surface area contributed by atoms with E-state index in [0.717, 1.165) is 10.8 Å². The van der Waals surface area contributed by atoms with E-state index in [0.29, 0.717) is 23.7 Å². The Morgan fingerprint density at radius 2 is 2.05 bits per heavy atom. The average Bonchev–Trinajstić information content (AvgIpc) is 2.51. The van der Waals surface area contributed by atoms with Crippen LogP contribution in [-0.4, -0.2) is 24.8 Å². The van der Waals surface area contributed by atoms with Crippen molar-refractivity contribution in [3.05, 3.63) is 48.6 Å². The number of carbonyl (C=O) groups excluding carboxylic acids is 1. The summed E-state index contributed by atoms with van der Waals surface area (Å²) in [7, 11) is 1.57. The maximum Gasteiger partial charge on any atom is 0.177 e. The molecular weight excluding hydrogens is 320 g/mol. The number of fused-ring (bicyclic) bond motifs is 1. The van der Waals surface area contributed by atoms with Gasteiger partial charge < -0.3 is 9.47 Å². The van der Waals surface area contributed by atoms with Crippen molar-refractivity contribution in [1.82, 2.24) is 0 Å². The normalized spacial score (nSPS) is 10.3. The van der Waals surface area contributed by atoms with Crippen molar-refractivity contribution in [2.24, 2.45) is 0 Å². The van der Waals surface area contributed by atoms with E-state index in [1.807, 2.05) is 24.3 Å². The zero-order valence-corrected chi connectivity index (χ0v) is 12.8. The number of ether oxygens (including phenoxy) is 2. The standard InChI is InChI=1S/C16H15BrO3/c1-3-8-20-15-9-13(14(18)10-17)16(19-2)12-7-5-4-6-11(12)15/h3-7,9H,1,8,10H2,2H3. The van der Waals surface area contributed by atoms with E-state index in [-0.39, 0.29) is 11.1 Å². The molecule has 0 radical (unpaired) electrons. The molecule has 0 aliphatic rings. The number of hydrogen-bond donors (Lipinski definition) is 0. The highest BCUT2D eigenvalue weighted by molar-refractivity contribution is 9.09. The fourth-order valence-corrected chi connectivity index (χ4v) is 2.38. The van der Waals surface area contributed by atoms with Crippen LogP contribution in [0.25, 0.3) is 10.8 Å². The lowest BCUT2D eigenvalue weighted by Crippen LogP contribution is -2.05. The summed E-state index contributed by atoms with van der Waals surface area (Å²) in [6, 6.07) is 9.42. The number of halogens is 1. The summed E-state index contributed by atoms with van der Waals surface area (Å²) in [5.41, 5.74) is 0.516. The summed E-state index contributed by atoms with van der Waals surface area (Å²) in [6.45, 7) is 4.03. The number of alkyl halides is 1. The maximum atomic E-state index is 12.1. The van der Waals surface area contributed by atoms with Crippen LogP contribution < -0.4 is 9.47 Å². The molecule has 0 fully saturated rings. The highest BCUT2D eigenvalue weighted by Crippen LogP contribution is 2.37. The summed E-state index contributed by atoms with van der Waals surface area (Å²) in [6.07, 6.45) is 1.67. The van der Waals surface area contributed by atoms with Gasteiger partial charge in [0.15, 0.2) is 5.78 Å². The van der Waals surface area contributed by atoms with Gasteiger partial charge in [-0.3, -0.25) is 4.79 Å². The molecule has 0 amide bonds. The Morgan fingerprint density at radius 1 is 1.35 bits per heavy atom. The van der Waals surface area contributed by atoms with Crippen LogP contribution in [-0.2, 0) is 0 Å². The Morgan fingerprint density at radius 3 is 2.65 bits per heavy atom. The van der Waals surface area contributed by atoms with E-state index in [2.05, 4.69) is 22.5 Å². The van der Waals surface area contributed by atoms with Gasteiger partial charge in [-0.25, -0.2) is 0 Å². The fraction of sp³-hybridized carbons (Fsp3) is 0.188. The van der Waals surface area contributed by atoms with Crippen molar-refractivity contribution in [1.29, 1.82) is 0 Å². The first-order chi connectivity index (χ1) is 9.72. The monoisotopic (exact) mass is 334 g/mol. The molecule has 0 saturated heterocycles. The second-order valence-electron chi connectivity index (χ2n) is 4.16. The second-order valence-corrected chi connectivity index (χ2v) is 4.72. The molecule has 2 aromatic rings. The SMILES string of the molecule is C=CCOc1cc(C(=O)CBr)c(OC)c2ccccc12. The van der Waals surface area contributed by atoms with E-state index < -0.39 is 0 Å². The van der Waals surface area contributed by atoms with E-state index in [9.17, 15) is 4.79 Å². The lowest BCUT2D eigenvalue weighted by atomic mass is 10.0. The third kappa shape index (κ3) is 2.70. The van der Waals surface area contributed by atoms with Gasteiger partial charge in [0.1, 0.15) is 18.1 Å². The van der Waals surface area contributed by atoms with Gasteiger partial charge in [-0.05, 0) is 6.07 Å². The summed E-state index contributed by atoms with van der Waals surface area (Å²) < 4.78 is 11.1. The molecule has 0 bridgehead atoms. The lowest BCUT2D eigenvalue weighted by Gasteiger charge is -2.14. The van der Waals surface area contributed by atoms with Crippen molar-refractivity contribution in [3.63, 3.8) is 0 Å². The molecule has 0 unspecified atom stereocenters. The van der Waals surface area contributed by atoms with E-state index in [1.165, 1.54) is 0 Å². The van der Waals surface area contributed by atoms with Crippen LogP contribution in [0.2, 0.25) is 0 Å². The minimum absolute atomic E-state index is 0.0453. The lowest BCUT2D eigenvalue weighted by molar-refractivity contribution is 0.102. The summed E-state index contributed by atoms with van der Waals surface area (Å²) in [4.78, 5) is 12.1. The average molecular weight is 335 g/mol. The van der Waals surface area contributed by atoms with E-state index in [1.54, 1.807) is 19.3 Å². The van der Waals surface area contributed by atoms with Crippen LogP contribution in [0.1, 0.15) is 10.4 Å². The van der Waals surface area contributed by atoms with Gasteiger partial charge in [0.25, 0.3) is 0 Å². The van der Waals surface area contributed by atoms with Crippen LogP contribution in [0.15, 0.2) is 43.0 Å². The third-order valence-electron chi connectivity index (χ3n) is 2.94. The second kappa shape index (κ2) is 6.57. The molecule has 20 heavy (non-hydrogen) atoms. The molecule has 0 aliphatic heterocycles. The van der Waals surface area contributed by atoms with Crippen molar-refractivity contribution in [2.45, 2.75) is 0 Å². The van der Waals surface area contributed by atoms with Crippen LogP contribution in [0.4, 0.5) is 0 Å². The molecule has 0 spiro atoms. The van der Waals surface area contributed by atoms with Gasteiger partial charge in [-0.15, -0.1) is 0 Å². The van der Waals surface area contributed by atoms with Crippen molar-refractivity contribution >= 4 is 32.5 Å². The first kappa shape index (κ1) is 14.6.